The zero-order valence-corrected chi connectivity index (χ0v) is 11.0. The third-order valence-corrected chi connectivity index (χ3v) is 3.07. The third kappa shape index (κ3) is 2.85. The smallest absolute Gasteiger partial charge is 0.130 e. The minimum absolute atomic E-state index is 0.436. The van der Waals surface area contributed by atoms with Gasteiger partial charge in [-0.15, -0.1) is 0 Å². The van der Waals surface area contributed by atoms with Gasteiger partial charge < -0.3 is 4.74 Å². The van der Waals surface area contributed by atoms with E-state index in [1.165, 1.54) is 0 Å². The molecule has 0 aliphatic heterocycles. The summed E-state index contributed by atoms with van der Waals surface area (Å²) in [6.45, 7) is 0.436. The Balaban J connectivity index is 1.78. The van der Waals surface area contributed by atoms with E-state index in [-0.39, 0.29) is 0 Å². The van der Waals surface area contributed by atoms with Crippen LogP contribution in [0.2, 0.25) is 5.02 Å². The van der Waals surface area contributed by atoms with Gasteiger partial charge in [-0.05, 0) is 30.3 Å². The van der Waals surface area contributed by atoms with Gasteiger partial charge in [0.05, 0.1) is 11.2 Å². The lowest BCUT2D eigenvalue weighted by molar-refractivity contribution is 0.302. The molecule has 0 aliphatic rings. The molecule has 0 fully saturated rings. The molecule has 0 spiro atoms. The quantitative estimate of drug-likeness (QED) is 0.700. The van der Waals surface area contributed by atoms with Crippen molar-refractivity contribution in [2.24, 2.45) is 0 Å². The van der Waals surface area contributed by atoms with Crippen molar-refractivity contribution in [1.82, 2.24) is 4.98 Å². The summed E-state index contributed by atoms with van der Waals surface area (Å²) in [5, 5.41) is 1.80. The number of nitrogens with zero attached hydrogens (tertiary/aromatic N) is 1. The molecule has 0 unspecified atom stereocenters. The van der Waals surface area contributed by atoms with Crippen LogP contribution in [0.5, 0.6) is 5.75 Å². The van der Waals surface area contributed by atoms with Crippen molar-refractivity contribution in [2.45, 2.75) is 6.61 Å². The van der Waals surface area contributed by atoms with Gasteiger partial charge in [-0.25, -0.2) is 4.98 Å². The molecule has 0 amide bonds. The molecule has 0 radical (unpaired) electrons. The summed E-state index contributed by atoms with van der Waals surface area (Å²) in [6.07, 6.45) is 0. The number of rotatable bonds is 3. The maximum atomic E-state index is 5.91. The van der Waals surface area contributed by atoms with Gasteiger partial charge in [0.1, 0.15) is 12.4 Å². The van der Waals surface area contributed by atoms with E-state index in [1.807, 2.05) is 48.5 Å². The van der Waals surface area contributed by atoms with Crippen molar-refractivity contribution in [3.63, 3.8) is 0 Å². The number of para-hydroxylation sites is 1. The Labute approximate surface area is 116 Å². The molecule has 0 saturated heterocycles. The van der Waals surface area contributed by atoms with Crippen LogP contribution in [-0.2, 0) is 6.61 Å². The summed E-state index contributed by atoms with van der Waals surface area (Å²) in [4.78, 5) is 4.55. The first-order valence-electron chi connectivity index (χ1n) is 6.04. The monoisotopic (exact) mass is 269 g/mol. The molecule has 3 rings (SSSR count). The zero-order valence-electron chi connectivity index (χ0n) is 10.2. The number of fused-ring (bicyclic) bond motifs is 1. The van der Waals surface area contributed by atoms with E-state index >= 15 is 0 Å². The van der Waals surface area contributed by atoms with Crippen LogP contribution in [0.25, 0.3) is 10.9 Å². The lowest BCUT2D eigenvalue weighted by Gasteiger charge is -2.06. The van der Waals surface area contributed by atoms with Gasteiger partial charge in [-0.2, -0.15) is 0 Å². The van der Waals surface area contributed by atoms with E-state index in [4.69, 9.17) is 16.3 Å². The number of ether oxygens (including phenoxy) is 1. The molecule has 2 aromatic carbocycles. The lowest BCUT2D eigenvalue weighted by atomic mass is 10.2. The number of hydrogen-bond donors (Lipinski definition) is 0. The maximum absolute atomic E-state index is 5.91. The highest BCUT2D eigenvalue weighted by Gasteiger charge is 2.00. The molecule has 1 aromatic heterocycles. The molecular formula is C16H12ClNO. The highest BCUT2D eigenvalue weighted by molar-refractivity contribution is 6.30. The first-order valence-corrected chi connectivity index (χ1v) is 6.42. The summed E-state index contributed by atoms with van der Waals surface area (Å²) in [7, 11) is 0. The van der Waals surface area contributed by atoms with Crippen LogP contribution in [0.3, 0.4) is 0 Å². The summed E-state index contributed by atoms with van der Waals surface area (Å²) in [5.74, 6) is 0.752. The Morgan fingerprint density at radius 1 is 0.947 bits per heavy atom. The number of benzene rings is 2. The van der Waals surface area contributed by atoms with Gasteiger partial charge >= 0.3 is 0 Å². The van der Waals surface area contributed by atoms with Gasteiger partial charge in [0.25, 0.3) is 0 Å². The van der Waals surface area contributed by atoms with Crippen LogP contribution in [0.1, 0.15) is 5.69 Å². The molecule has 0 saturated carbocycles. The van der Waals surface area contributed by atoms with Crippen LogP contribution in [-0.4, -0.2) is 4.98 Å². The van der Waals surface area contributed by atoms with Crippen LogP contribution in [0.4, 0.5) is 0 Å². The van der Waals surface area contributed by atoms with E-state index in [0.29, 0.717) is 11.6 Å². The summed E-state index contributed by atoms with van der Waals surface area (Å²) >= 11 is 5.91. The molecule has 0 atom stereocenters. The minimum Gasteiger partial charge on any atom is -0.487 e. The molecule has 3 heteroatoms. The van der Waals surface area contributed by atoms with Crippen LogP contribution < -0.4 is 4.74 Å². The van der Waals surface area contributed by atoms with E-state index < -0.39 is 0 Å². The Morgan fingerprint density at radius 2 is 1.84 bits per heavy atom. The number of aromatic nitrogens is 1. The Hall–Kier alpha value is -2.06. The van der Waals surface area contributed by atoms with Gasteiger partial charge in [0.15, 0.2) is 0 Å². The van der Waals surface area contributed by atoms with Crippen molar-refractivity contribution in [3.8, 4) is 5.75 Å². The third-order valence-electron chi connectivity index (χ3n) is 2.84. The molecule has 0 aliphatic carbocycles. The molecule has 19 heavy (non-hydrogen) atoms. The zero-order chi connectivity index (χ0) is 13.1. The minimum atomic E-state index is 0.436. The SMILES string of the molecule is Clc1cccc(OCc2ccc3ccccc3n2)c1. The van der Waals surface area contributed by atoms with Gasteiger partial charge in [0.2, 0.25) is 0 Å². The second kappa shape index (κ2) is 5.29. The highest BCUT2D eigenvalue weighted by Crippen LogP contribution is 2.18. The van der Waals surface area contributed by atoms with Crippen LogP contribution in [0.15, 0.2) is 60.7 Å². The van der Waals surface area contributed by atoms with Gasteiger partial charge in [0, 0.05) is 10.4 Å². The molecule has 0 bridgehead atoms. The predicted molar refractivity (Wildman–Crippen MR) is 77.5 cm³/mol. The first kappa shape index (κ1) is 12.0. The molecule has 0 N–H and O–H groups in total. The lowest BCUT2D eigenvalue weighted by Crippen LogP contribution is -1.98. The topological polar surface area (TPSA) is 22.1 Å². The maximum Gasteiger partial charge on any atom is 0.130 e. The highest BCUT2D eigenvalue weighted by atomic mass is 35.5. The van der Waals surface area contributed by atoms with Crippen molar-refractivity contribution < 1.29 is 4.74 Å². The number of pyridine rings is 1. The fourth-order valence-corrected chi connectivity index (χ4v) is 2.08. The predicted octanol–water partition coefficient (Wildman–Crippen LogP) is 4.47. The largest absolute Gasteiger partial charge is 0.487 e. The second-order valence-electron chi connectivity index (χ2n) is 4.24. The number of hydrogen-bond acceptors (Lipinski definition) is 2. The summed E-state index contributed by atoms with van der Waals surface area (Å²) in [6, 6.07) is 19.4. The fraction of sp³-hybridized carbons (Fsp3) is 0.0625. The Morgan fingerprint density at radius 3 is 2.74 bits per heavy atom. The van der Waals surface area contributed by atoms with Crippen molar-refractivity contribution in [1.29, 1.82) is 0 Å². The molecule has 3 aromatic rings. The van der Waals surface area contributed by atoms with E-state index in [1.54, 1.807) is 6.07 Å². The molecule has 94 valence electrons. The first-order chi connectivity index (χ1) is 9.31. The average Bonchev–Trinajstić information content (AvgIpc) is 2.45. The van der Waals surface area contributed by atoms with E-state index in [0.717, 1.165) is 22.3 Å². The van der Waals surface area contributed by atoms with Crippen LogP contribution >= 0.6 is 11.6 Å². The van der Waals surface area contributed by atoms with Crippen LogP contribution in [0, 0.1) is 0 Å². The molecule has 2 nitrogen and oxygen atoms in total. The second-order valence-corrected chi connectivity index (χ2v) is 4.68. The van der Waals surface area contributed by atoms with E-state index in [2.05, 4.69) is 11.1 Å². The van der Waals surface area contributed by atoms with Crippen molar-refractivity contribution >= 4 is 22.5 Å². The van der Waals surface area contributed by atoms with E-state index in [9.17, 15) is 0 Å². The van der Waals surface area contributed by atoms with Gasteiger partial charge in [-0.1, -0.05) is 41.9 Å². The Kier molecular flexibility index (Phi) is 3.34. The summed E-state index contributed by atoms with van der Waals surface area (Å²) < 4.78 is 5.67. The Bertz CT molecular complexity index is 712. The summed E-state index contributed by atoms with van der Waals surface area (Å²) in [5.41, 5.74) is 1.88. The van der Waals surface area contributed by atoms with Crippen molar-refractivity contribution in [3.05, 3.63) is 71.4 Å². The standard InChI is InChI=1S/C16H12ClNO/c17-13-5-3-6-15(10-13)19-11-14-9-8-12-4-1-2-7-16(12)18-14/h1-10H,11H2. The normalized spacial score (nSPS) is 10.6. The fourth-order valence-electron chi connectivity index (χ4n) is 1.90. The van der Waals surface area contributed by atoms with Crippen molar-refractivity contribution in [2.75, 3.05) is 0 Å². The average molecular weight is 270 g/mol. The molecular weight excluding hydrogens is 258 g/mol. The van der Waals surface area contributed by atoms with Gasteiger partial charge in [-0.3, -0.25) is 0 Å². The number of halogens is 1. The molecule has 1 heterocycles.